The molecule has 0 saturated carbocycles. The average molecular weight is 299 g/mol. The van der Waals surface area contributed by atoms with Crippen molar-refractivity contribution in [3.63, 3.8) is 0 Å². The summed E-state index contributed by atoms with van der Waals surface area (Å²) in [4.78, 5) is 12.4. The molecule has 4 nitrogen and oxygen atoms in total. The molecule has 0 spiro atoms. The third-order valence-corrected chi connectivity index (χ3v) is 3.30. The molecule has 1 aromatic rings. The number of hydrogen-bond donors (Lipinski definition) is 2. The number of fused-ring (bicyclic) bond motifs is 1. The summed E-state index contributed by atoms with van der Waals surface area (Å²) in [6.45, 7) is 5.39. The fourth-order valence-electron chi connectivity index (χ4n) is 2.49. The van der Waals surface area contributed by atoms with Crippen molar-refractivity contribution in [2.24, 2.45) is 0 Å². The van der Waals surface area contributed by atoms with Crippen molar-refractivity contribution < 1.29 is 9.53 Å². The van der Waals surface area contributed by atoms with Crippen molar-refractivity contribution in [2.75, 3.05) is 25.6 Å². The number of hydrogen-bond acceptors (Lipinski definition) is 3. The molecule has 0 saturated heterocycles. The molecule has 20 heavy (non-hydrogen) atoms. The number of amides is 1. The highest BCUT2D eigenvalue weighted by atomic mass is 35.5. The van der Waals surface area contributed by atoms with Crippen LogP contribution in [0, 0.1) is 0 Å². The second-order valence-corrected chi connectivity index (χ2v) is 5.63. The molecule has 0 atom stereocenters. The quantitative estimate of drug-likeness (QED) is 0.898. The summed E-state index contributed by atoms with van der Waals surface area (Å²) in [6, 6.07) is 5.85. The van der Waals surface area contributed by atoms with E-state index in [0.29, 0.717) is 6.61 Å². The Balaban J connectivity index is 0.00000200. The number of halogens is 1. The molecular weight excluding hydrogens is 276 g/mol. The van der Waals surface area contributed by atoms with E-state index < -0.39 is 0 Å². The van der Waals surface area contributed by atoms with Gasteiger partial charge in [-0.05, 0) is 44.4 Å². The van der Waals surface area contributed by atoms with Crippen molar-refractivity contribution in [1.82, 2.24) is 5.32 Å². The van der Waals surface area contributed by atoms with Crippen LogP contribution in [0.4, 0.5) is 5.69 Å². The van der Waals surface area contributed by atoms with E-state index in [0.717, 1.165) is 36.2 Å². The van der Waals surface area contributed by atoms with E-state index in [1.54, 1.807) is 7.11 Å². The van der Waals surface area contributed by atoms with Gasteiger partial charge in [-0.2, -0.15) is 0 Å². The van der Waals surface area contributed by atoms with Crippen molar-refractivity contribution in [1.29, 1.82) is 0 Å². The summed E-state index contributed by atoms with van der Waals surface area (Å²) in [5.74, 6) is -0.0254. The standard InChI is InChI=1S/C15H22N2O2.ClH/c1-15(2,10-19-3)17-14(18)12-6-4-8-13-11(12)7-5-9-16-13;/h4,6,8,16H,5,7,9-10H2,1-3H3,(H,17,18);1H. The van der Waals surface area contributed by atoms with Gasteiger partial charge in [0.25, 0.3) is 5.91 Å². The molecule has 0 unspecified atom stereocenters. The van der Waals surface area contributed by atoms with Gasteiger partial charge in [0.15, 0.2) is 0 Å². The summed E-state index contributed by atoms with van der Waals surface area (Å²) in [5.41, 5.74) is 2.62. The summed E-state index contributed by atoms with van der Waals surface area (Å²) < 4.78 is 5.13. The maximum Gasteiger partial charge on any atom is 0.252 e. The molecule has 0 bridgehead atoms. The largest absolute Gasteiger partial charge is 0.385 e. The van der Waals surface area contributed by atoms with Crippen LogP contribution < -0.4 is 10.6 Å². The minimum atomic E-state index is -0.364. The van der Waals surface area contributed by atoms with Gasteiger partial charge in [0.05, 0.1) is 12.1 Å². The number of ether oxygens (including phenoxy) is 1. The van der Waals surface area contributed by atoms with Gasteiger partial charge < -0.3 is 15.4 Å². The molecule has 1 aromatic carbocycles. The monoisotopic (exact) mass is 298 g/mol. The second-order valence-electron chi connectivity index (χ2n) is 5.63. The number of carbonyl (C=O) groups is 1. The van der Waals surface area contributed by atoms with Crippen LogP contribution in [0.3, 0.4) is 0 Å². The zero-order chi connectivity index (χ0) is 13.9. The zero-order valence-corrected chi connectivity index (χ0v) is 13.1. The summed E-state index contributed by atoms with van der Waals surface area (Å²) >= 11 is 0. The van der Waals surface area contributed by atoms with E-state index in [4.69, 9.17) is 4.74 Å². The molecule has 1 aliphatic heterocycles. The molecular formula is C15H23ClN2O2. The third-order valence-electron chi connectivity index (χ3n) is 3.30. The molecule has 1 amide bonds. The smallest absolute Gasteiger partial charge is 0.252 e. The molecule has 0 aromatic heterocycles. The van der Waals surface area contributed by atoms with E-state index in [-0.39, 0.29) is 23.9 Å². The van der Waals surface area contributed by atoms with Gasteiger partial charge in [-0.25, -0.2) is 0 Å². The number of rotatable bonds is 4. The maximum atomic E-state index is 12.4. The molecule has 1 aliphatic rings. The molecule has 1 heterocycles. The molecule has 112 valence electrons. The highest BCUT2D eigenvalue weighted by molar-refractivity contribution is 5.97. The summed E-state index contributed by atoms with van der Waals surface area (Å²) in [5, 5.41) is 6.37. The number of carbonyl (C=O) groups excluding carboxylic acids is 1. The van der Waals surface area contributed by atoms with Crippen LogP contribution >= 0.6 is 12.4 Å². The van der Waals surface area contributed by atoms with Crippen molar-refractivity contribution >= 4 is 24.0 Å². The molecule has 0 aliphatic carbocycles. The number of anilines is 1. The predicted molar refractivity (Wildman–Crippen MR) is 83.9 cm³/mol. The number of benzene rings is 1. The average Bonchev–Trinajstić information content (AvgIpc) is 2.37. The van der Waals surface area contributed by atoms with Crippen LogP contribution in [0.15, 0.2) is 18.2 Å². The Morgan fingerprint density at radius 2 is 2.20 bits per heavy atom. The first-order valence-electron chi connectivity index (χ1n) is 6.71. The SMILES string of the molecule is COCC(C)(C)NC(=O)c1cccc2c1CCCN2.Cl. The zero-order valence-electron chi connectivity index (χ0n) is 12.3. The van der Waals surface area contributed by atoms with E-state index in [1.807, 2.05) is 32.0 Å². The van der Waals surface area contributed by atoms with Crippen LogP contribution in [0.5, 0.6) is 0 Å². The Labute approximate surface area is 126 Å². The lowest BCUT2D eigenvalue weighted by Gasteiger charge is -2.27. The summed E-state index contributed by atoms with van der Waals surface area (Å²) in [7, 11) is 1.64. The van der Waals surface area contributed by atoms with Crippen LogP contribution in [-0.2, 0) is 11.2 Å². The fraction of sp³-hybridized carbons (Fsp3) is 0.533. The van der Waals surface area contributed by atoms with Crippen molar-refractivity contribution in [2.45, 2.75) is 32.2 Å². The van der Waals surface area contributed by atoms with Gasteiger partial charge in [0, 0.05) is 24.9 Å². The lowest BCUT2D eigenvalue weighted by atomic mass is 9.96. The lowest BCUT2D eigenvalue weighted by Crippen LogP contribution is -2.47. The van der Waals surface area contributed by atoms with Crippen molar-refractivity contribution in [3.8, 4) is 0 Å². The van der Waals surface area contributed by atoms with Gasteiger partial charge in [0.2, 0.25) is 0 Å². The van der Waals surface area contributed by atoms with Crippen LogP contribution in [0.25, 0.3) is 0 Å². The number of nitrogens with one attached hydrogen (secondary N) is 2. The van der Waals surface area contributed by atoms with Gasteiger partial charge >= 0.3 is 0 Å². The molecule has 0 fully saturated rings. The van der Waals surface area contributed by atoms with Crippen LogP contribution in [0.2, 0.25) is 0 Å². The predicted octanol–water partition coefficient (Wildman–Crippen LogP) is 2.62. The fourth-order valence-corrected chi connectivity index (χ4v) is 2.49. The first kappa shape index (κ1) is 16.8. The number of methoxy groups -OCH3 is 1. The Morgan fingerprint density at radius 3 is 2.90 bits per heavy atom. The highest BCUT2D eigenvalue weighted by Gasteiger charge is 2.23. The van der Waals surface area contributed by atoms with E-state index in [2.05, 4.69) is 10.6 Å². The van der Waals surface area contributed by atoms with Crippen LogP contribution in [0.1, 0.15) is 36.2 Å². The van der Waals surface area contributed by atoms with E-state index >= 15 is 0 Å². The van der Waals surface area contributed by atoms with Gasteiger partial charge in [-0.15, -0.1) is 12.4 Å². The van der Waals surface area contributed by atoms with E-state index in [9.17, 15) is 4.79 Å². The van der Waals surface area contributed by atoms with E-state index in [1.165, 1.54) is 0 Å². The summed E-state index contributed by atoms with van der Waals surface area (Å²) in [6.07, 6.45) is 2.02. The highest BCUT2D eigenvalue weighted by Crippen LogP contribution is 2.25. The minimum Gasteiger partial charge on any atom is -0.385 e. The maximum absolute atomic E-state index is 12.4. The Bertz CT molecular complexity index is 475. The van der Waals surface area contributed by atoms with Gasteiger partial charge in [-0.3, -0.25) is 4.79 Å². The van der Waals surface area contributed by atoms with Crippen molar-refractivity contribution in [3.05, 3.63) is 29.3 Å². The lowest BCUT2D eigenvalue weighted by molar-refractivity contribution is 0.0819. The molecule has 5 heteroatoms. The first-order chi connectivity index (χ1) is 9.03. The molecule has 2 N–H and O–H groups in total. The van der Waals surface area contributed by atoms with Gasteiger partial charge in [-0.1, -0.05) is 6.07 Å². The molecule has 0 radical (unpaired) electrons. The Hall–Kier alpha value is -1.26. The second kappa shape index (κ2) is 6.95. The Morgan fingerprint density at radius 1 is 1.45 bits per heavy atom. The first-order valence-corrected chi connectivity index (χ1v) is 6.71. The molecule has 2 rings (SSSR count). The topological polar surface area (TPSA) is 50.4 Å². The normalized spacial score (nSPS) is 13.8. The Kier molecular flexibility index (Phi) is 5.84. The minimum absolute atomic E-state index is 0. The third kappa shape index (κ3) is 3.87. The van der Waals surface area contributed by atoms with Crippen LogP contribution in [-0.4, -0.2) is 31.7 Å². The van der Waals surface area contributed by atoms with Gasteiger partial charge in [0.1, 0.15) is 0 Å².